The predicted octanol–water partition coefficient (Wildman–Crippen LogP) is 1.84. The van der Waals surface area contributed by atoms with Gasteiger partial charge in [-0.3, -0.25) is 24.0 Å². The first-order chi connectivity index (χ1) is 20.3. The summed E-state index contributed by atoms with van der Waals surface area (Å²) in [6.07, 6.45) is 0.589. The van der Waals surface area contributed by atoms with Gasteiger partial charge in [0.05, 0.1) is 18.2 Å². The SMILES string of the molecule is CC(C)[C@H](NC(=O)CCc1ccccc1)C(=O)N[C@@H](C)C(=O)NC(CC(=O)O)C(=O)CS(=O)(=O)CCCc1ccccc1. The van der Waals surface area contributed by atoms with Crippen LogP contribution in [0.15, 0.2) is 60.7 Å². The number of carbonyl (C=O) groups excluding carboxylic acids is 4. The lowest BCUT2D eigenvalue weighted by atomic mass is 10.0. The summed E-state index contributed by atoms with van der Waals surface area (Å²) in [7, 11) is -3.87. The molecular formula is C31H41N3O8S. The van der Waals surface area contributed by atoms with Crippen LogP contribution in [0.4, 0.5) is 0 Å². The van der Waals surface area contributed by atoms with E-state index in [0.717, 1.165) is 11.1 Å². The zero-order valence-corrected chi connectivity index (χ0v) is 25.6. The number of aryl methyl sites for hydroxylation is 2. The Morgan fingerprint density at radius 1 is 0.767 bits per heavy atom. The zero-order chi connectivity index (χ0) is 32.0. The first kappa shape index (κ1) is 35.1. The van der Waals surface area contributed by atoms with Crippen LogP contribution in [-0.2, 0) is 46.7 Å². The third-order valence-electron chi connectivity index (χ3n) is 6.71. The van der Waals surface area contributed by atoms with E-state index >= 15 is 0 Å². The van der Waals surface area contributed by atoms with Gasteiger partial charge in [0.15, 0.2) is 15.6 Å². The van der Waals surface area contributed by atoms with Gasteiger partial charge < -0.3 is 21.1 Å². The molecular weight excluding hydrogens is 574 g/mol. The van der Waals surface area contributed by atoms with E-state index in [1.54, 1.807) is 13.8 Å². The van der Waals surface area contributed by atoms with Crippen LogP contribution in [0.2, 0.25) is 0 Å². The summed E-state index contributed by atoms with van der Waals surface area (Å²) in [5.74, 6) is -5.72. The third kappa shape index (κ3) is 13.2. The lowest BCUT2D eigenvalue weighted by Crippen LogP contribution is -2.56. The van der Waals surface area contributed by atoms with Crippen LogP contribution in [-0.4, -0.2) is 72.6 Å². The zero-order valence-electron chi connectivity index (χ0n) is 24.7. The van der Waals surface area contributed by atoms with E-state index < -0.39 is 63.7 Å². The molecule has 0 spiro atoms. The van der Waals surface area contributed by atoms with Crippen LogP contribution in [0, 0.1) is 5.92 Å². The Morgan fingerprint density at radius 2 is 1.33 bits per heavy atom. The number of nitrogens with one attached hydrogen (secondary N) is 3. The number of Topliss-reactive ketones (excluding diaryl/α,β-unsaturated/α-hetero) is 1. The van der Waals surface area contributed by atoms with Gasteiger partial charge >= 0.3 is 5.97 Å². The average molecular weight is 616 g/mol. The predicted molar refractivity (Wildman–Crippen MR) is 162 cm³/mol. The number of carboxylic acid groups (broad SMARTS) is 1. The van der Waals surface area contributed by atoms with Crippen molar-refractivity contribution in [2.45, 2.75) is 71.0 Å². The van der Waals surface area contributed by atoms with Crippen molar-refractivity contribution in [3.63, 3.8) is 0 Å². The largest absolute Gasteiger partial charge is 0.481 e. The topological polar surface area (TPSA) is 176 Å². The van der Waals surface area contributed by atoms with Gasteiger partial charge in [0.25, 0.3) is 0 Å². The van der Waals surface area contributed by atoms with Gasteiger partial charge in [0, 0.05) is 6.42 Å². The van der Waals surface area contributed by atoms with Gasteiger partial charge in [0.1, 0.15) is 17.8 Å². The minimum absolute atomic E-state index is 0.157. The molecule has 43 heavy (non-hydrogen) atoms. The van der Waals surface area contributed by atoms with Gasteiger partial charge in [-0.05, 0) is 43.2 Å². The normalized spacial score (nSPS) is 13.4. The molecule has 0 heterocycles. The second-order valence-electron chi connectivity index (χ2n) is 10.8. The van der Waals surface area contributed by atoms with Gasteiger partial charge in [0.2, 0.25) is 17.7 Å². The van der Waals surface area contributed by atoms with E-state index in [9.17, 15) is 37.5 Å². The van der Waals surface area contributed by atoms with Crippen LogP contribution in [0.3, 0.4) is 0 Å². The van der Waals surface area contributed by atoms with Crippen molar-refractivity contribution < 1.29 is 37.5 Å². The monoisotopic (exact) mass is 615 g/mol. The maximum absolute atomic E-state index is 13.0. The van der Waals surface area contributed by atoms with Crippen LogP contribution < -0.4 is 16.0 Å². The van der Waals surface area contributed by atoms with Crippen molar-refractivity contribution in [3.8, 4) is 0 Å². The molecule has 3 atom stereocenters. The Morgan fingerprint density at radius 3 is 1.86 bits per heavy atom. The molecule has 0 aliphatic heterocycles. The van der Waals surface area contributed by atoms with Gasteiger partial charge in [-0.25, -0.2) is 8.42 Å². The number of ketones is 1. The summed E-state index contributed by atoms with van der Waals surface area (Å²) in [5, 5.41) is 16.7. The molecule has 0 aromatic heterocycles. The van der Waals surface area contributed by atoms with Gasteiger partial charge in [-0.2, -0.15) is 0 Å². The molecule has 0 aliphatic carbocycles. The third-order valence-corrected chi connectivity index (χ3v) is 8.35. The Kier molecular flexibility index (Phi) is 14.0. The van der Waals surface area contributed by atoms with Crippen molar-refractivity contribution in [3.05, 3.63) is 71.8 Å². The van der Waals surface area contributed by atoms with E-state index in [1.165, 1.54) is 6.92 Å². The van der Waals surface area contributed by atoms with E-state index in [2.05, 4.69) is 16.0 Å². The number of amides is 3. The molecule has 0 saturated heterocycles. The number of carboxylic acids is 1. The Labute approximate surface area is 252 Å². The maximum atomic E-state index is 13.0. The van der Waals surface area contributed by atoms with Crippen molar-refractivity contribution in [2.24, 2.45) is 5.92 Å². The Bertz CT molecular complexity index is 1350. The van der Waals surface area contributed by atoms with Crippen LogP contribution >= 0.6 is 0 Å². The van der Waals surface area contributed by atoms with E-state index in [-0.39, 0.29) is 30.4 Å². The first-order valence-corrected chi connectivity index (χ1v) is 16.0. The standard InChI is InChI=1S/C31H41N3O8S/c1-21(2)29(34-27(36)17-16-24-13-8-5-9-14-24)31(40)32-22(3)30(39)33-25(19-28(37)38)26(35)20-43(41,42)18-10-15-23-11-6-4-7-12-23/h4-9,11-14,21-22,25,29H,10,15-20H2,1-3H3,(H,32,40)(H,33,39)(H,34,36)(H,37,38)/t22-,25?,29-/m0/s1. The van der Waals surface area contributed by atoms with Crippen LogP contribution in [0.5, 0.6) is 0 Å². The van der Waals surface area contributed by atoms with Crippen molar-refractivity contribution in [2.75, 3.05) is 11.5 Å². The molecule has 4 N–H and O–H groups in total. The molecule has 11 nitrogen and oxygen atoms in total. The fourth-order valence-corrected chi connectivity index (χ4v) is 5.66. The number of hydrogen-bond donors (Lipinski definition) is 4. The molecule has 0 aliphatic rings. The highest BCUT2D eigenvalue weighted by Crippen LogP contribution is 2.08. The fraction of sp³-hybridized carbons (Fsp3) is 0.452. The molecule has 234 valence electrons. The maximum Gasteiger partial charge on any atom is 0.305 e. The van der Waals surface area contributed by atoms with Gasteiger partial charge in [-0.1, -0.05) is 74.5 Å². The minimum Gasteiger partial charge on any atom is -0.481 e. The van der Waals surface area contributed by atoms with Crippen molar-refractivity contribution in [1.82, 2.24) is 16.0 Å². The van der Waals surface area contributed by atoms with Crippen LogP contribution in [0.1, 0.15) is 51.2 Å². The molecule has 12 heteroatoms. The summed E-state index contributed by atoms with van der Waals surface area (Å²) in [4.78, 5) is 62.5. The number of hydrogen-bond acceptors (Lipinski definition) is 7. The number of benzene rings is 2. The molecule has 0 fully saturated rings. The molecule has 0 saturated carbocycles. The quantitative estimate of drug-likeness (QED) is 0.196. The lowest BCUT2D eigenvalue weighted by Gasteiger charge is -2.25. The summed E-state index contributed by atoms with van der Waals surface area (Å²) >= 11 is 0. The smallest absolute Gasteiger partial charge is 0.305 e. The average Bonchev–Trinajstić information content (AvgIpc) is 2.94. The number of aliphatic carboxylic acids is 1. The molecule has 2 aromatic carbocycles. The highest BCUT2D eigenvalue weighted by Gasteiger charge is 2.31. The highest BCUT2D eigenvalue weighted by molar-refractivity contribution is 7.92. The van der Waals surface area contributed by atoms with Crippen molar-refractivity contribution in [1.29, 1.82) is 0 Å². The first-order valence-electron chi connectivity index (χ1n) is 14.2. The Balaban J connectivity index is 1.94. The van der Waals surface area contributed by atoms with Crippen LogP contribution in [0.25, 0.3) is 0 Å². The van der Waals surface area contributed by atoms with Crippen molar-refractivity contribution >= 4 is 39.3 Å². The Hall–Kier alpha value is -4.06. The molecule has 0 bridgehead atoms. The fourth-order valence-electron chi connectivity index (χ4n) is 4.30. The summed E-state index contributed by atoms with van der Waals surface area (Å²) in [6, 6.07) is 14.9. The number of sulfone groups is 1. The minimum atomic E-state index is -3.87. The molecule has 2 aromatic rings. The highest BCUT2D eigenvalue weighted by atomic mass is 32.2. The molecule has 1 unspecified atom stereocenters. The van der Waals surface area contributed by atoms with E-state index in [1.807, 2.05) is 60.7 Å². The van der Waals surface area contributed by atoms with Gasteiger partial charge in [-0.15, -0.1) is 0 Å². The summed E-state index contributed by atoms with van der Waals surface area (Å²) < 4.78 is 25.1. The van der Waals surface area contributed by atoms with E-state index in [4.69, 9.17) is 0 Å². The summed E-state index contributed by atoms with van der Waals surface area (Å²) in [6.45, 7) is 4.80. The molecule has 2 rings (SSSR count). The lowest BCUT2D eigenvalue weighted by molar-refractivity contribution is -0.140. The number of carbonyl (C=O) groups is 5. The van der Waals surface area contributed by atoms with E-state index in [0.29, 0.717) is 12.8 Å². The molecule has 0 radical (unpaired) electrons. The molecule has 3 amide bonds. The second kappa shape index (κ2) is 17.2. The number of rotatable bonds is 18. The second-order valence-corrected chi connectivity index (χ2v) is 13.0. The summed E-state index contributed by atoms with van der Waals surface area (Å²) in [5.41, 5.74) is 1.92.